The predicted molar refractivity (Wildman–Crippen MR) is 102 cm³/mol. The van der Waals surface area contributed by atoms with Gasteiger partial charge in [0.05, 0.1) is 14.2 Å². The van der Waals surface area contributed by atoms with Crippen LogP contribution in [0.3, 0.4) is 0 Å². The fraction of sp³-hybridized carbons (Fsp3) is 0.619. The Balaban J connectivity index is 1.30. The second-order valence-electron chi connectivity index (χ2n) is 7.97. The molecule has 1 aliphatic heterocycles. The Labute approximate surface area is 156 Å². The summed E-state index contributed by atoms with van der Waals surface area (Å²) in [6.45, 7) is 6.58. The molecular weight excluding hydrogens is 328 g/mol. The van der Waals surface area contributed by atoms with Crippen molar-refractivity contribution in [3.05, 3.63) is 29.8 Å². The molecule has 0 radical (unpaired) electrons. The van der Waals surface area contributed by atoms with Crippen LogP contribution in [0.15, 0.2) is 24.3 Å². The Kier molecular flexibility index (Phi) is 5.09. The Morgan fingerprint density at radius 3 is 2.15 bits per heavy atom. The molecule has 2 fully saturated rings. The lowest BCUT2D eigenvalue weighted by atomic mass is 9.93. The first kappa shape index (κ1) is 17.7. The van der Waals surface area contributed by atoms with Crippen molar-refractivity contribution in [1.29, 1.82) is 0 Å². The molecule has 0 unspecified atom stereocenters. The summed E-state index contributed by atoms with van der Waals surface area (Å²) in [4.78, 5) is 5.12. The minimum atomic E-state index is 0.0727. The monoisotopic (exact) mass is 358 g/mol. The van der Waals surface area contributed by atoms with E-state index >= 15 is 0 Å². The molecule has 142 valence electrons. The zero-order valence-corrected chi connectivity index (χ0v) is 15.9. The zero-order chi connectivity index (χ0) is 18.1. The van der Waals surface area contributed by atoms with E-state index < -0.39 is 0 Å². The maximum absolute atomic E-state index is 10.1. The van der Waals surface area contributed by atoms with Crippen LogP contribution in [0.25, 0.3) is 0 Å². The van der Waals surface area contributed by atoms with Gasteiger partial charge in [-0.3, -0.25) is 4.90 Å². The SMILES string of the molecule is COc1cc(CN2CCN(C[C@@H]3C[C@H]4C=C[C@H]3C4)CC2)cc(OC)c1O. The number of allylic oxidation sites excluding steroid dienone is 2. The molecule has 5 heteroatoms. The third kappa shape index (κ3) is 3.55. The summed E-state index contributed by atoms with van der Waals surface area (Å²) in [5.41, 5.74) is 1.11. The van der Waals surface area contributed by atoms with Crippen LogP contribution in [0.5, 0.6) is 17.2 Å². The van der Waals surface area contributed by atoms with Gasteiger partial charge in [0.15, 0.2) is 11.5 Å². The number of aromatic hydroxyl groups is 1. The third-order valence-electron chi connectivity index (χ3n) is 6.32. The van der Waals surface area contributed by atoms with Crippen molar-refractivity contribution in [3.8, 4) is 17.2 Å². The van der Waals surface area contributed by atoms with Gasteiger partial charge in [0.25, 0.3) is 0 Å². The molecule has 0 amide bonds. The van der Waals surface area contributed by atoms with E-state index in [9.17, 15) is 5.11 Å². The first-order chi connectivity index (χ1) is 12.7. The van der Waals surface area contributed by atoms with Gasteiger partial charge in [-0.15, -0.1) is 0 Å². The molecular formula is C21H30N2O3. The molecule has 1 aromatic carbocycles. The fourth-order valence-electron chi connectivity index (χ4n) is 4.86. The smallest absolute Gasteiger partial charge is 0.200 e. The van der Waals surface area contributed by atoms with Crippen LogP contribution < -0.4 is 9.47 Å². The van der Waals surface area contributed by atoms with E-state index in [1.165, 1.54) is 19.4 Å². The van der Waals surface area contributed by atoms with Crippen molar-refractivity contribution in [2.24, 2.45) is 17.8 Å². The number of benzene rings is 1. The van der Waals surface area contributed by atoms with Crippen molar-refractivity contribution in [2.75, 3.05) is 46.9 Å². The Bertz CT molecular complexity index is 642. The highest BCUT2D eigenvalue weighted by atomic mass is 16.5. The fourth-order valence-corrected chi connectivity index (χ4v) is 4.86. The van der Waals surface area contributed by atoms with Gasteiger partial charge >= 0.3 is 0 Å². The van der Waals surface area contributed by atoms with Crippen LogP contribution in [0.4, 0.5) is 0 Å². The lowest BCUT2D eigenvalue weighted by Gasteiger charge is -2.37. The number of phenols is 1. The van der Waals surface area contributed by atoms with Crippen LogP contribution >= 0.6 is 0 Å². The summed E-state index contributed by atoms with van der Waals surface area (Å²) in [5.74, 6) is 3.61. The van der Waals surface area contributed by atoms with Gasteiger partial charge in [0.1, 0.15) is 0 Å². The third-order valence-corrected chi connectivity index (χ3v) is 6.32. The van der Waals surface area contributed by atoms with E-state index in [0.29, 0.717) is 11.5 Å². The van der Waals surface area contributed by atoms with Crippen molar-refractivity contribution >= 4 is 0 Å². The molecule has 1 aromatic rings. The molecule has 2 aliphatic carbocycles. The number of phenolic OH excluding ortho intramolecular Hbond substituents is 1. The van der Waals surface area contributed by atoms with Gasteiger partial charge in [0, 0.05) is 39.3 Å². The van der Waals surface area contributed by atoms with Crippen LogP contribution in [0.1, 0.15) is 18.4 Å². The van der Waals surface area contributed by atoms with Crippen LogP contribution in [-0.2, 0) is 6.54 Å². The molecule has 1 heterocycles. The summed E-state index contributed by atoms with van der Waals surface area (Å²) in [5, 5.41) is 10.1. The van der Waals surface area contributed by atoms with Crippen LogP contribution in [0, 0.1) is 17.8 Å². The molecule has 3 aliphatic rings. The summed E-state index contributed by atoms with van der Waals surface area (Å²) >= 11 is 0. The first-order valence-corrected chi connectivity index (χ1v) is 9.73. The lowest BCUT2D eigenvalue weighted by Crippen LogP contribution is -2.47. The normalized spacial score (nSPS) is 28.6. The Morgan fingerprint density at radius 2 is 1.62 bits per heavy atom. The van der Waals surface area contributed by atoms with Gasteiger partial charge in [0.2, 0.25) is 5.75 Å². The van der Waals surface area contributed by atoms with Crippen molar-refractivity contribution in [2.45, 2.75) is 19.4 Å². The molecule has 1 saturated heterocycles. The number of fused-ring (bicyclic) bond motifs is 2. The zero-order valence-electron chi connectivity index (χ0n) is 15.9. The van der Waals surface area contributed by atoms with E-state index in [2.05, 4.69) is 22.0 Å². The molecule has 0 spiro atoms. The molecule has 4 rings (SSSR count). The quantitative estimate of drug-likeness (QED) is 0.792. The van der Waals surface area contributed by atoms with Crippen LogP contribution in [-0.4, -0.2) is 61.8 Å². The average Bonchev–Trinajstić information content (AvgIpc) is 3.27. The van der Waals surface area contributed by atoms with Gasteiger partial charge in [-0.25, -0.2) is 0 Å². The van der Waals surface area contributed by atoms with Gasteiger partial charge in [-0.2, -0.15) is 0 Å². The summed E-state index contributed by atoms with van der Waals surface area (Å²) < 4.78 is 10.5. The standard InChI is InChI=1S/C21H30N2O3/c1-25-19-11-16(12-20(26-2)21(19)24)13-22-5-7-23(8-6-22)14-18-10-15-3-4-17(18)9-15/h3-4,11-12,15,17-18,24H,5-10,13-14H2,1-2H3/t15-,17-,18-/m0/s1. The average molecular weight is 358 g/mol. The predicted octanol–water partition coefficient (Wildman–Crippen LogP) is 2.74. The summed E-state index contributed by atoms with van der Waals surface area (Å²) in [7, 11) is 3.14. The topological polar surface area (TPSA) is 45.2 Å². The summed E-state index contributed by atoms with van der Waals surface area (Å²) in [6.07, 6.45) is 7.68. The van der Waals surface area contributed by atoms with E-state index in [-0.39, 0.29) is 5.75 Å². The maximum Gasteiger partial charge on any atom is 0.200 e. The number of ether oxygens (including phenoxy) is 2. The molecule has 2 bridgehead atoms. The second-order valence-corrected chi connectivity index (χ2v) is 7.97. The Morgan fingerprint density at radius 1 is 0.962 bits per heavy atom. The molecule has 0 aromatic heterocycles. The minimum absolute atomic E-state index is 0.0727. The summed E-state index contributed by atoms with van der Waals surface area (Å²) in [6, 6.07) is 3.82. The highest BCUT2D eigenvalue weighted by Gasteiger charge is 2.36. The first-order valence-electron chi connectivity index (χ1n) is 9.73. The molecule has 1 N–H and O–H groups in total. The van der Waals surface area contributed by atoms with Gasteiger partial charge in [-0.05, 0) is 48.3 Å². The molecule has 1 saturated carbocycles. The van der Waals surface area contributed by atoms with Crippen molar-refractivity contribution in [1.82, 2.24) is 9.80 Å². The molecule has 26 heavy (non-hydrogen) atoms. The van der Waals surface area contributed by atoms with Crippen molar-refractivity contribution in [3.63, 3.8) is 0 Å². The van der Waals surface area contributed by atoms with E-state index in [4.69, 9.17) is 9.47 Å². The van der Waals surface area contributed by atoms with Crippen LogP contribution in [0.2, 0.25) is 0 Å². The van der Waals surface area contributed by atoms with Gasteiger partial charge < -0.3 is 19.5 Å². The van der Waals surface area contributed by atoms with Gasteiger partial charge in [-0.1, -0.05) is 12.2 Å². The highest BCUT2D eigenvalue weighted by Crippen LogP contribution is 2.43. The maximum atomic E-state index is 10.1. The number of nitrogens with zero attached hydrogens (tertiary/aromatic N) is 2. The number of methoxy groups -OCH3 is 2. The second kappa shape index (κ2) is 7.49. The van der Waals surface area contributed by atoms with E-state index in [1.807, 2.05) is 12.1 Å². The number of hydrogen-bond acceptors (Lipinski definition) is 5. The molecule has 3 atom stereocenters. The largest absolute Gasteiger partial charge is 0.502 e. The van der Waals surface area contributed by atoms with E-state index in [0.717, 1.165) is 56.0 Å². The highest BCUT2D eigenvalue weighted by molar-refractivity contribution is 5.52. The van der Waals surface area contributed by atoms with Crippen molar-refractivity contribution < 1.29 is 14.6 Å². The molecule has 5 nitrogen and oxygen atoms in total. The number of piperazine rings is 1. The lowest BCUT2D eigenvalue weighted by molar-refractivity contribution is 0.108. The minimum Gasteiger partial charge on any atom is -0.502 e. The number of hydrogen-bond donors (Lipinski definition) is 1. The number of rotatable bonds is 6. The Hall–Kier alpha value is -1.72. The van der Waals surface area contributed by atoms with E-state index in [1.54, 1.807) is 14.2 Å².